The lowest BCUT2D eigenvalue weighted by Crippen LogP contribution is -2.44. The van der Waals surface area contributed by atoms with E-state index in [2.05, 4.69) is 40.9 Å². The largest absolute Gasteiger partial charge is 0.377 e. The molecule has 0 rings (SSSR count). The zero-order chi connectivity index (χ0) is 18.5. The Bertz CT molecular complexity index is 354. The third kappa shape index (κ3) is 17.0. The molecule has 0 unspecified atom stereocenters. The van der Waals surface area contributed by atoms with Crippen molar-refractivity contribution in [2.24, 2.45) is 22.2 Å². The van der Waals surface area contributed by atoms with Crippen molar-refractivity contribution in [2.75, 3.05) is 42.4 Å². The minimum atomic E-state index is -0.583. The van der Waals surface area contributed by atoms with Gasteiger partial charge in [-0.05, 0) is 45.5 Å². The molecule has 0 saturated carbocycles. The van der Waals surface area contributed by atoms with Crippen molar-refractivity contribution in [2.45, 2.75) is 19.8 Å². The van der Waals surface area contributed by atoms with Gasteiger partial charge in [0.2, 0.25) is 5.91 Å². The highest BCUT2D eigenvalue weighted by atomic mass is 32.1. The SMILES string of the molecule is CC(=NC(N)=S)N(C)C.COC(C)(OC)N(C)C.NC(N)=S. The molecule has 0 aliphatic carbocycles. The second kappa shape index (κ2) is 13.6. The zero-order valence-electron chi connectivity index (χ0n) is 14.7. The van der Waals surface area contributed by atoms with E-state index in [1.807, 2.05) is 51.8 Å². The summed E-state index contributed by atoms with van der Waals surface area (Å²) in [6.45, 7) is 3.70. The summed E-state index contributed by atoms with van der Waals surface area (Å²) < 4.78 is 10.1. The number of ether oxygens (including phenoxy) is 2. The van der Waals surface area contributed by atoms with Crippen molar-refractivity contribution in [3.05, 3.63) is 0 Å². The van der Waals surface area contributed by atoms with Crippen LogP contribution in [-0.2, 0) is 9.47 Å². The van der Waals surface area contributed by atoms with Crippen LogP contribution in [0, 0.1) is 0 Å². The first-order chi connectivity index (χ1) is 9.83. The molecular formula is C12H30N6O2S2. The molecule has 0 spiro atoms. The van der Waals surface area contributed by atoms with E-state index in [0.29, 0.717) is 0 Å². The first-order valence-corrected chi connectivity index (χ1v) is 7.00. The van der Waals surface area contributed by atoms with Crippen molar-refractivity contribution < 1.29 is 9.47 Å². The summed E-state index contributed by atoms with van der Waals surface area (Å²) in [4.78, 5) is 7.53. The van der Waals surface area contributed by atoms with Crippen LogP contribution >= 0.6 is 24.4 Å². The summed E-state index contributed by atoms with van der Waals surface area (Å²) in [5.41, 5.74) is 14.4. The van der Waals surface area contributed by atoms with Gasteiger partial charge in [0.25, 0.3) is 0 Å². The molecule has 132 valence electrons. The van der Waals surface area contributed by atoms with Crippen molar-refractivity contribution in [3.8, 4) is 0 Å². The van der Waals surface area contributed by atoms with Crippen LogP contribution in [0.2, 0.25) is 0 Å². The van der Waals surface area contributed by atoms with Gasteiger partial charge in [-0.3, -0.25) is 4.90 Å². The van der Waals surface area contributed by atoms with E-state index in [1.165, 1.54) is 0 Å². The van der Waals surface area contributed by atoms with Crippen molar-refractivity contribution >= 4 is 40.5 Å². The minimum absolute atomic E-state index is 0.000000000000000222. The molecule has 0 atom stereocenters. The van der Waals surface area contributed by atoms with Gasteiger partial charge in [-0.15, -0.1) is 0 Å². The number of hydrogen-bond donors (Lipinski definition) is 3. The Labute approximate surface area is 144 Å². The normalized spacial score (nSPS) is 10.9. The molecule has 0 fully saturated rings. The monoisotopic (exact) mass is 354 g/mol. The van der Waals surface area contributed by atoms with Crippen LogP contribution in [0.25, 0.3) is 0 Å². The lowest BCUT2D eigenvalue weighted by atomic mass is 10.5. The first kappa shape index (κ1) is 25.9. The van der Waals surface area contributed by atoms with E-state index >= 15 is 0 Å². The summed E-state index contributed by atoms with van der Waals surface area (Å²) in [6, 6.07) is 0. The fraction of sp³-hybridized carbons (Fsp3) is 0.750. The van der Waals surface area contributed by atoms with Crippen molar-refractivity contribution in [1.82, 2.24) is 9.80 Å². The minimum Gasteiger partial charge on any atom is -0.377 e. The highest BCUT2D eigenvalue weighted by Gasteiger charge is 2.24. The van der Waals surface area contributed by atoms with Crippen LogP contribution < -0.4 is 17.2 Å². The third-order valence-electron chi connectivity index (χ3n) is 2.49. The highest BCUT2D eigenvalue weighted by molar-refractivity contribution is 7.80. The molecule has 10 heteroatoms. The summed E-state index contributed by atoms with van der Waals surface area (Å²) >= 11 is 8.65. The average molecular weight is 355 g/mol. The molecule has 8 nitrogen and oxygen atoms in total. The molecule has 0 aromatic rings. The zero-order valence-corrected chi connectivity index (χ0v) is 16.3. The van der Waals surface area contributed by atoms with Gasteiger partial charge in [0.15, 0.2) is 10.2 Å². The number of methoxy groups -OCH3 is 2. The molecule has 0 aromatic heterocycles. The van der Waals surface area contributed by atoms with E-state index in [4.69, 9.17) is 15.2 Å². The highest BCUT2D eigenvalue weighted by Crippen LogP contribution is 2.11. The van der Waals surface area contributed by atoms with Gasteiger partial charge >= 0.3 is 0 Å². The Balaban J connectivity index is -0.000000266. The van der Waals surface area contributed by atoms with Crippen LogP contribution in [0.4, 0.5) is 0 Å². The molecule has 0 saturated heterocycles. The lowest BCUT2D eigenvalue weighted by molar-refractivity contribution is -0.270. The Hall–Kier alpha value is -1.07. The predicted octanol–water partition coefficient (Wildman–Crippen LogP) is -0.0868. The van der Waals surface area contributed by atoms with E-state index in [0.717, 1.165) is 5.84 Å². The average Bonchev–Trinajstić information content (AvgIpc) is 2.36. The maximum absolute atomic E-state index is 5.15. The van der Waals surface area contributed by atoms with Gasteiger partial charge in [0.05, 0.1) is 0 Å². The number of nitrogens with two attached hydrogens (primary N) is 3. The van der Waals surface area contributed by atoms with Gasteiger partial charge in [-0.25, -0.2) is 4.99 Å². The number of thiocarbonyl (C=S) groups is 2. The molecular weight excluding hydrogens is 324 g/mol. The second-order valence-electron chi connectivity index (χ2n) is 4.49. The third-order valence-corrected chi connectivity index (χ3v) is 2.58. The van der Waals surface area contributed by atoms with E-state index in [1.54, 1.807) is 14.2 Å². The predicted molar refractivity (Wildman–Crippen MR) is 101 cm³/mol. The first-order valence-electron chi connectivity index (χ1n) is 6.18. The molecule has 0 heterocycles. The number of aliphatic imine (C=N–C) groups is 1. The lowest BCUT2D eigenvalue weighted by Gasteiger charge is -2.32. The molecule has 0 radical (unpaired) electrons. The van der Waals surface area contributed by atoms with Crippen molar-refractivity contribution in [1.29, 1.82) is 0 Å². The number of rotatable bonds is 3. The van der Waals surface area contributed by atoms with E-state index in [-0.39, 0.29) is 10.2 Å². The maximum Gasteiger partial charge on any atom is 0.225 e. The van der Waals surface area contributed by atoms with Crippen molar-refractivity contribution in [3.63, 3.8) is 0 Å². The van der Waals surface area contributed by atoms with Gasteiger partial charge in [0, 0.05) is 35.2 Å². The van der Waals surface area contributed by atoms with Crippen LogP contribution in [0.5, 0.6) is 0 Å². The Morgan fingerprint density at radius 1 is 1.00 bits per heavy atom. The molecule has 0 aliphatic heterocycles. The quantitative estimate of drug-likeness (QED) is 0.277. The number of amidine groups is 1. The molecule has 0 bridgehead atoms. The number of hydrogen-bond acceptors (Lipinski definition) is 5. The Morgan fingerprint density at radius 2 is 1.32 bits per heavy atom. The Kier molecular flexibility index (Phi) is 16.0. The summed E-state index contributed by atoms with van der Waals surface area (Å²) in [5, 5.41) is 0.182. The smallest absolute Gasteiger partial charge is 0.225 e. The van der Waals surface area contributed by atoms with Crippen LogP contribution in [0.15, 0.2) is 4.99 Å². The fourth-order valence-corrected chi connectivity index (χ4v) is 0.840. The molecule has 22 heavy (non-hydrogen) atoms. The number of nitrogens with zero attached hydrogens (tertiary/aromatic N) is 3. The molecule has 0 aromatic carbocycles. The van der Waals surface area contributed by atoms with Crippen LogP contribution in [-0.4, -0.2) is 74.2 Å². The molecule has 0 amide bonds. The van der Waals surface area contributed by atoms with Gasteiger partial charge in [-0.1, -0.05) is 0 Å². The molecule has 0 aliphatic rings. The standard InChI is InChI=1S/C6H15NO2.C5H11N3S.CH4N2S/c1-6(8-4,9-5)7(2)3;1-4(8(2)3)7-5(6)9;2-1(3)4/h1-5H3;1-3H3,(H2,6,9);(H4,2,3,4). The molecule has 6 N–H and O–H groups in total. The maximum atomic E-state index is 5.15. The van der Waals surface area contributed by atoms with Gasteiger partial charge < -0.3 is 31.6 Å². The summed E-state index contributed by atoms with van der Waals surface area (Å²) in [6.07, 6.45) is 0. The summed E-state index contributed by atoms with van der Waals surface area (Å²) in [7, 11) is 10.8. The van der Waals surface area contributed by atoms with Crippen LogP contribution in [0.3, 0.4) is 0 Å². The van der Waals surface area contributed by atoms with E-state index in [9.17, 15) is 0 Å². The topological polar surface area (TPSA) is 115 Å². The Morgan fingerprint density at radius 3 is 1.36 bits per heavy atom. The van der Waals surface area contributed by atoms with Gasteiger partial charge in [-0.2, -0.15) is 0 Å². The van der Waals surface area contributed by atoms with E-state index < -0.39 is 5.91 Å². The summed E-state index contributed by atoms with van der Waals surface area (Å²) in [5.74, 6) is 0.238. The second-order valence-corrected chi connectivity index (χ2v) is 5.38. The van der Waals surface area contributed by atoms with Gasteiger partial charge in [0.1, 0.15) is 5.84 Å². The fourth-order valence-electron chi connectivity index (χ4n) is 0.708. The van der Waals surface area contributed by atoms with Crippen LogP contribution in [0.1, 0.15) is 13.8 Å².